The van der Waals surface area contributed by atoms with Crippen LogP contribution in [0, 0.1) is 5.92 Å². The van der Waals surface area contributed by atoms with Gasteiger partial charge in [0, 0.05) is 45.3 Å². The Morgan fingerprint density at radius 1 is 1.16 bits per heavy atom. The maximum absolute atomic E-state index is 12.5. The Bertz CT molecular complexity index is 541. The number of hydrogen-bond acceptors (Lipinski definition) is 5. The Morgan fingerprint density at radius 2 is 1.76 bits per heavy atom. The van der Waals surface area contributed by atoms with Crippen molar-refractivity contribution in [3.63, 3.8) is 0 Å². The van der Waals surface area contributed by atoms with Crippen molar-refractivity contribution in [2.45, 2.75) is 25.8 Å². The molecule has 0 saturated carbocycles. The molecule has 2 saturated heterocycles. The molecular formula is C17H30Cl2N4OS. The van der Waals surface area contributed by atoms with Crippen LogP contribution >= 0.6 is 36.2 Å². The van der Waals surface area contributed by atoms with Crippen LogP contribution in [0.3, 0.4) is 0 Å². The summed E-state index contributed by atoms with van der Waals surface area (Å²) in [7, 11) is 2.20. The summed E-state index contributed by atoms with van der Waals surface area (Å²) in [6.45, 7) is 8.76. The molecule has 3 rings (SSSR count). The molecule has 2 aliphatic rings. The van der Waals surface area contributed by atoms with E-state index in [4.69, 9.17) is 5.73 Å². The van der Waals surface area contributed by atoms with E-state index in [1.807, 2.05) is 16.3 Å². The topological polar surface area (TPSA) is 52.8 Å². The van der Waals surface area contributed by atoms with Gasteiger partial charge < -0.3 is 15.5 Å². The zero-order valence-electron chi connectivity index (χ0n) is 15.0. The largest absolute Gasteiger partial charge is 0.397 e. The number of likely N-dealkylation sites (N-methyl/N-ethyl adjacent to an activating group) is 1. The summed E-state index contributed by atoms with van der Waals surface area (Å²) in [5.74, 6) is 0.811. The van der Waals surface area contributed by atoms with Gasteiger partial charge in [-0.3, -0.25) is 9.69 Å². The van der Waals surface area contributed by atoms with Crippen LogP contribution in [0.25, 0.3) is 0 Å². The lowest BCUT2D eigenvalue weighted by molar-refractivity contribution is 0.0503. The maximum atomic E-state index is 12.5. The fourth-order valence-corrected chi connectivity index (χ4v) is 4.53. The van der Waals surface area contributed by atoms with E-state index in [1.165, 1.54) is 37.5 Å². The number of nitrogens with two attached hydrogens (primary N) is 1. The first-order valence-corrected chi connectivity index (χ1v) is 9.49. The van der Waals surface area contributed by atoms with Crippen molar-refractivity contribution in [1.29, 1.82) is 0 Å². The van der Waals surface area contributed by atoms with Crippen molar-refractivity contribution in [1.82, 2.24) is 14.7 Å². The second kappa shape index (κ2) is 9.97. The molecule has 5 nitrogen and oxygen atoms in total. The molecule has 3 heterocycles. The SMILES string of the molecule is CC(C1CCN(C(=O)c2sccc2N)CC1)N1CCN(C)CC1.Cl.Cl. The number of thiophene rings is 1. The number of carbonyl (C=O) groups is 1. The van der Waals surface area contributed by atoms with Gasteiger partial charge in [-0.1, -0.05) is 0 Å². The van der Waals surface area contributed by atoms with E-state index < -0.39 is 0 Å². The summed E-state index contributed by atoms with van der Waals surface area (Å²) in [5, 5.41) is 1.89. The summed E-state index contributed by atoms with van der Waals surface area (Å²) in [4.78, 5) is 20.2. The van der Waals surface area contributed by atoms with E-state index in [1.54, 1.807) is 0 Å². The van der Waals surface area contributed by atoms with E-state index in [2.05, 4.69) is 23.8 Å². The number of piperazine rings is 1. The van der Waals surface area contributed by atoms with Crippen molar-refractivity contribution in [3.8, 4) is 0 Å². The molecule has 1 atom stereocenters. The van der Waals surface area contributed by atoms with Gasteiger partial charge in [0.05, 0.1) is 5.69 Å². The highest BCUT2D eigenvalue weighted by atomic mass is 35.5. The maximum Gasteiger partial charge on any atom is 0.266 e. The minimum atomic E-state index is 0. The molecule has 2 N–H and O–H groups in total. The van der Waals surface area contributed by atoms with Crippen LogP contribution in [-0.4, -0.2) is 73.0 Å². The minimum Gasteiger partial charge on any atom is -0.397 e. The summed E-state index contributed by atoms with van der Waals surface area (Å²) in [5.41, 5.74) is 6.50. The Labute approximate surface area is 167 Å². The Balaban J connectivity index is 0.00000156. The molecule has 1 aromatic rings. The summed E-state index contributed by atoms with van der Waals surface area (Å²) >= 11 is 1.45. The molecule has 144 valence electrons. The van der Waals surface area contributed by atoms with Gasteiger partial charge in [0.15, 0.2) is 0 Å². The van der Waals surface area contributed by atoms with Crippen LogP contribution in [0.1, 0.15) is 29.4 Å². The van der Waals surface area contributed by atoms with Gasteiger partial charge in [0.25, 0.3) is 5.91 Å². The van der Waals surface area contributed by atoms with Crippen LogP contribution in [-0.2, 0) is 0 Å². The van der Waals surface area contributed by atoms with Gasteiger partial charge in [0.1, 0.15) is 4.88 Å². The monoisotopic (exact) mass is 408 g/mol. The lowest BCUT2D eigenvalue weighted by Crippen LogP contribution is -2.52. The molecule has 1 aromatic heterocycles. The highest BCUT2D eigenvalue weighted by molar-refractivity contribution is 7.12. The predicted octanol–water partition coefficient (Wildman–Crippen LogP) is 2.66. The van der Waals surface area contributed by atoms with E-state index >= 15 is 0 Å². The first-order valence-electron chi connectivity index (χ1n) is 8.61. The molecule has 25 heavy (non-hydrogen) atoms. The lowest BCUT2D eigenvalue weighted by Gasteiger charge is -2.42. The van der Waals surface area contributed by atoms with Crippen molar-refractivity contribution in [2.24, 2.45) is 5.92 Å². The average Bonchev–Trinajstić information content (AvgIpc) is 3.00. The Hall–Kier alpha value is -0.530. The van der Waals surface area contributed by atoms with E-state index in [0.717, 1.165) is 25.9 Å². The number of anilines is 1. The zero-order chi connectivity index (χ0) is 16.4. The molecule has 2 fully saturated rings. The van der Waals surface area contributed by atoms with Gasteiger partial charge in [-0.15, -0.1) is 36.2 Å². The first kappa shape index (κ1) is 22.5. The number of nitrogens with zero attached hydrogens (tertiary/aromatic N) is 3. The number of likely N-dealkylation sites (tertiary alicyclic amines) is 1. The van der Waals surface area contributed by atoms with Crippen molar-refractivity contribution in [3.05, 3.63) is 16.3 Å². The zero-order valence-corrected chi connectivity index (χ0v) is 17.5. The predicted molar refractivity (Wildman–Crippen MR) is 110 cm³/mol. The van der Waals surface area contributed by atoms with Gasteiger partial charge in [-0.05, 0) is 44.2 Å². The second-order valence-electron chi connectivity index (χ2n) is 6.91. The number of rotatable bonds is 3. The fraction of sp³-hybridized carbons (Fsp3) is 0.706. The number of carbonyl (C=O) groups excluding carboxylic acids is 1. The quantitative estimate of drug-likeness (QED) is 0.834. The number of halogens is 2. The normalized spacial score (nSPS) is 21.3. The number of nitrogen functional groups attached to an aromatic ring is 1. The van der Waals surface area contributed by atoms with Gasteiger partial charge in [-0.2, -0.15) is 0 Å². The molecule has 0 bridgehead atoms. The smallest absolute Gasteiger partial charge is 0.266 e. The molecule has 0 spiro atoms. The number of hydrogen-bond donors (Lipinski definition) is 1. The highest BCUT2D eigenvalue weighted by Crippen LogP contribution is 2.27. The molecule has 2 aliphatic heterocycles. The van der Waals surface area contributed by atoms with E-state index in [-0.39, 0.29) is 30.7 Å². The van der Waals surface area contributed by atoms with Crippen molar-refractivity contribution < 1.29 is 4.79 Å². The summed E-state index contributed by atoms with van der Waals surface area (Å²) in [6, 6.07) is 2.44. The minimum absolute atomic E-state index is 0. The second-order valence-corrected chi connectivity index (χ2v) is 7.83. The summed E-state index contributed by atoms with van der Waals surface area (Å²) in [6.07, 6.45) is 2.20. The molecule has 8 heteroatoms. The fourth-order valence-electron chi connectivity index (χ4n) is 3.75. The number of amides is 1. The highest BCUT2D eigenvalue weighted by Gasteiger charge is 2.31. The molecule has 0 aromatic carbocycles. The van der Waals surface area contributed by atoms with Gasteiger partial charge in [-0.25, -0.2) is 0 Å². The third kappa shape index (κ3) is 5.23. The molecule has 1 amide bonds. The molecule has 1 unspecified atom stereocenters. The first-order chi connectivity index (χ1) is 11.1. The van der Waals surface area contributed by atoms with Gasteiger partial charge >= 0.3 is 0 Å². The standard InChI is InChI=1S/C17H28N4OS.2ClH/c1-13(20-10-8-19(2)9-11-20)14-3-6-21(7-4-14)17(22)16-15(18)5-12-23-16;;/h5,12-14H,3-4,6-11,18H2,1-2H3;2*1H. The van der Waals surface area contributed by atoms with Crippen LogP contribution in [0.15, 0.2) is 11.4 Å². The van der Waals surface area contributed by atoms with Crippen molar-refractivity contribution in [2.75, 3.05) is 52.0 Å². The van der Waals surface area contributed by atoms with E-state index in [0.29, 0.717) is 22.5 Å². The van der Waals surface area contributed by atoms with Crippen LogP contribution in [0.5, 0.6) is 0 Å². The van der Waals surface area contributed by atoms with Crippen LogP contribution in [0.4, 0.5) is 5.69 Å². The molecular weight excluding hydrogens is 379 g/mol. The molecule has 0 radical (unpaired) electrons. The average molecular weight is 409 g/mol. The van der Waals surface area contributed by atoms with E-state index in [9.17, 15) is 4.79 Å². The van der Waals surface area contributed by atoms with Crippen LogP contribution < -0.4 is 5.73 Å². The van der Waals surface area contributed by atoms with Crippen molar-refractivity contribution >= 4 is 47.7 Å². The Kier molecular flexibility index (Phi) is 8.98. The third-order valence-corrected chi connectivity index (χ3v) is 6.43. The van der Waals surface area contributed by atoms with Gasteiger partial charge in [0.2, 0.25) is 0 Å². The van der Waals surface area contributed by atoms with Crippen LogP contribution in [0.2, 0.25) is 0 Å². The summed E-state index contributed by atoms with van der Waals surface area (Å²) < 4.78 is 0. The Morgan fingerprint density at radius 3 is 2.28 bits per heavy atom. The third-order valence-electron chi connectivity index (χ3n) is 5.51. The molecule has 0 aliphatic carbocycles. The number of piperidine rings is 1. The lowest BCUT2D eigenvalue weighted by atomic mass is 9.89.